The topological polar surface area (TPSA) is 93.5 Å². The van der Waals surface area contributed by atoms with E-state index in [-0.39, 0.29) is 31.0 Å². The van der Waals surface area contributed by atoms with E-state index in [1.165, 1.54) is 0 Å². The van der Waals surface area contributed by atoms with Gasteiger partial charge in [-0.05, 0) is 18.6 Å². The fraction of sp³-hybridized carbons (Fsp3) is 0.500. The van der Waals surface area contributed by atoms with Gasteiger partial charge in [0.25, 0.3) is 5.91 Å². The minimum absolute atomic E-state index is 0.0371. The van der Waals surface area contributed by atoms with Crippen LogP contribution in [0.5, 0.6) is 5.75 Å². The average molecular weight is 307 g/mol. The van der Waals surface area contributed by atoms with Gasteiger partial charge in [0.15, 0.2) is 6.61 Å². The molecule has 6 nitrogen and oxygen atoms in total. The molecule has 0 aromatic heterocycles. The van der Waals surface area contributed by atoms with Gasteiger partial charge >= 0.3 is 0 Å². The van der Waals surface area contributed by atoms with Crippen LogP contribution in [0.2, 0.25) is 0 Å². The Balaban J connectivity index is 2.21. The Kier molecular flexibility index (Phi) is 8.67. The van der Waals surface area contributed by atoms with E-state index in [2.05, 4.69) is 17.6 Å². The molecular weight excluding hydrogens is 282 g/mol. The maximum atomic E-state index is 11.7. The van der Waals surface area contributed by atoms with Crippen molar-refractivity contribution in [2.24, 2.45) is 5.73 Å². The molecule has 0 aliphatic heterocycles. The highest BCUT2D eigenvalue weighted by Crippen LogP contribution is 2.07. The van der Waals surface area contributed by atoms with Gasteiger partial charge in [0.05, 0.1) is 6.54 Å². The Morgan fingerprint density at radius 2 is 1.95 bits per heavy atom. The second kappa shape index (κ2) is 10.6. The van der Waals surface area contributed by atoms with Crippen molar-refractivity contribution in [3.8, 4) is 5.75 Å². The number of carbonyl (C=O) groups excluding carboxylic acids is 2. The monoisotopic (exact) mass is 307 g/mol. The lowest BCUT2D eigenvalue weighted by Gasteiger charge is -2.16. The molecule has 22 heavy (non-hydrogen) atoms. The number of unbranched alkanes of at least 4 members (excludes halogenated alkanes) is 1. The van der Waals surface area contributed by atoms with Crippen LogP contribution in [0.25, 0.3) is 0 Å². The van der Waals surface area contributed by atoms with Crippen LogP contribution in [0.1, 0.15) is 26.2 Å². The molecule has 4 N–H and O–H groups in total. The molecule has 0 bridgehead atoms. The summed E-state index contributed by atoms with van der Waals surface area (Å²) < 4.78 is 5.29. The molecule has 0 saturated carbocycles. The predicted octanol–water partition coefficient (Wildman–Crippen LogP) is 0.815. The third-order valence-electron chi connectivity index (χ3n) is 3.12. The molecule has 2 amide bonds. The molecule has 1 atom stereocenters. The molecule has 0 aliphatic carbocycles. The molecule has 1 aromatic rings. The summed E-state index contributed by atoms with van der Waals surface area (Å²) in [6.07, 6.45) is 2.92. The smallest absolute Gasteiger partial charge is 0.258 e. The largest absolute Gasteiger partial charge is 0.484 e. The summed E-state index contributed by atoms with van der Waals surface area (Å²) >= 11 is 0. The van der Waals surface area contributed by atoms with Gasteiger partial charge in [0, 0.05) is 12.6 Å². The highest BCUT2D eigenvalue weighted by molar-refractivity contribution is 5.85. The van der Waals surface area contributed by atoms with Gasteiger partial charge in [-0.3, -0.25) is 9.59 Å². The Hall–Kier alpha value is -2.08. The number of nitrogens with two attached hydrogens (primary N) is 1. The van der Waals surface area contributed by atoms with E-state index >= 15 is 0 Å². The van der Waals surface area contributed by atoms with Crippen molar-refractivity contribution in [1.82, 2.24) is 10.6 Å². The second-order valence-corrected chi connectivity index (χ2v) is 5.02. The first-order valence-electron chi connectivity index (χ1n) is 7.59. The lowest BCUT2D eigenvalue weighted by Crippen LogP contribution is -2.45. The van der Waals surface area contributed by atoms with Crippen molar-refractivity contribution >= 4 is 11.8 Å². The van der Waals surface area contributed by atoms with E-state index in [9.17, 15) is 9.59 Å². The van der Waals surface area contributed by atoms with Gasteiger partial charge in [-0.25, -0.2) is 0 Å². The lowest BCUT2D eigenvalue weighted by molar-refractivity contribution is -0.127. The van der Waals surface area contributed by atoms with Crippen LogP contribution in [0, 0.1) is 0 Å². The molecule has 0 saturated heterocycles. The zero-order valence-electron chi connectivity index (χ0n) is 13.0. The molecule has 122 valence electrons. The number of para-hydroxylation sites is 1. The van der Waals surface area contributed by atoms with Crippen LogP contribution < -0.4 is 21.1 Å². The third-order valence-corrected chi connectivity index (χ3v) is 3.12. The van der Waals surface area contributed by atoms with Gasteiger partial charge in [-0.2, -0.15) is 0 Å². The number of hydrogen-bond donors (Lipinski definition) is 3. The third kappa shape index (κ3) is 7.64. The van der Waals surface area contributed by atoms with E-state index in [0.717, 1.165) is 19.3 Å². The molecule has 0 spiro atoms. The molecule has 0 radical (unpaired) electrons. The maximum Gasteiger partial charge on any atom is 0.258 e. The Bertz CT molecular complexity index is 451. The molecule has 0 aliphatic rings. The molecule has 0 fully saturated rings. The van der Waals surface area contributed by atoms with E-state index < -0.39 is 0 Å². The zero-order valence-corrected chi connectivity index (χ0v) is 13.0. The van der Waals surface area contributed by atoms with Crippen LogP contribution in [-0.4, -0.2) is 37.6 Å². The molecule has 6 heteroatoms. The number of ether oxygens (including phenoxy) is 1. The van der Waals surface area contributed by atoms with Crippen LogP contribution in [0.15, 0.2) is 30.3 Å². The Morgan fingerprint density at radius 1 is 1.23 bits per heavy atom. The standard InChI is InChI=1S/C16H25N3O3/c1-2-3-7-13(10-17)19-15(20)11-18-16(21)12-22-14-8-5-4-6-9-14/h4-6,8-9,13H,2-3,7,10-12,17H2,1H3,(H,18,21)(H,19,20). The first-order valence-corrected chi connectivity index (χ1v) is 7.59. The highest BCUT2D eigenvalue weighted by atomic mass is 16.5. The molecule has 1 rings (SSSR count). The van der Waals surface area contributed by atoms with Crippen molar-refractivity contribution in [1.29, 1.82) is 0 Å². The van der Waals surface area contributed by atoms with Gasteiger partial charge < -0.3 is 21.1 Å². The number of benzene rings is 1. The lowest BCUT2D eigenvalue weighted by atomic mass is 10.1. The van der Waals surface area contributed by atoms with E-state index in [0.29, 0.717) is 12.3 Å². The SMILES string of the molecule is CCCCC(CN)NC(=O)CNC(=O)COc1ccccc1. The highest BCUT2D eigenvalue weighted by Gasteiger charge is 2.11. The van der Waals surface area contributed by atoms with Crippen molar-refractivity contribution in [2.45, 2.75) is 32.2 Å². The van der Waals surface area contributed by atoms with E-state index in [4.69, 9.17) is 10.5 Å². The maximum absolute atomic E-state index is 11.7. The predicted molar refractivity (Wildman–Crippen MR) is 85.5 cm³/mol. The summed E-state index contributed by atoms with van der Waals surface area (Å²) in [4.78, 5) is 23.3. The fourth-order valence-electron chi connectivity index (χ4n) is 1.87. The van der Waals surface area contributed by atoms with Crippen molar-refractivity contribution in [3.63, 3.8) is 0 Å². The Morgan fingerprint density at radius 3 is 2.59 bits per heavy atom. The van der Waals surface area contributed by atoms with Crippen molar-refractivity contribution in [2.75, 3.05) is 19.7 Å². The van der Waals surface area contributed by atoms with Crippen LogP contribution in [0.3, 0.4) is 0 Å². The zero-order chi connectivity index (χ0) is 16.2. The Labute approximate surface area is 131 Å². The van der Waals surface area contributed by atoms with E-state index in [1.807, 2.05) is 18.2 Å². The van der Waals surface area contributed by atoms with Gasteiger partial charge in [0.1, 0.15) is 5.75 Å². The van der Waals surface area contributed by atoms with Crippen molar-refractivity contribution in [3.05, 3.63) is 30.3 Å². The fourth-order valence-corrected chi connectivity index (χ4v) is 1.87. The number of hydrogen-bond acceptors (Lipinski definition) is 4. The number of nitrogens with one attached hydrogen (secondary N) is 2. The van der Waals surface area contributed by atoms with Crippen LogP contribution in [-0.2, 0) is 9.59 Å². The summed E-state index contributed by atoms with van der Waals surface area (Å²) in [5.41, 5.74) is 5.61. The minimum Gasteiger partial charge on any atom is -0.484 e. The van der Waals surface area contributed by atoms with Gasteiger partial charge in [-0.15, -0.1) is 0 Å². The average Bonchev–Trinajstić information content (AvgIpc) is 2.55. The summed E-state index contributed by atoms with van der Waals surface area (Å²) in [7, 11) is 0. The number of rotatable bonds is 10. The van der Waals surface area contributed by atoms with Gasteiger partial charge in [-0.1, -0.05) is 38.0 Å². The second-order valence-electron chi connectivity index (χ2n) is 5.02. The first-order chi connectivity index (χ1) is 10.7. The quantitative estimate of drug-likeness (QED) is 0.596. The number of carbonyl (C=O) groups is 2. The summed E-state index contributed by atoms with van der Waals surface area (Å²) in [6, 6.07) is 9.00. The van der Waals surface area contributed by atoms with Crippen LogP contribution >= 0.6 is 0 Å². The van der Waals surface area contributed by atoms with Crippen molar-refractivity contribution < 1.29 is 14.3 Å². The molecular formula is C16H25N3O3. The molecule has 1 unspecified atom stereocenters. The normalized spacial score (nSPS) is 11.5. The van der Waals surface area contributed by atoms with Crippen LogP contribution in [0.4, 0.5) is 0 Å². The summed E-state index contributed by atoms with van der Waals surface area (Å²) in [6.45, 7) is 2.30. The molecule has 0 heterocycles. The summed E-state index contributed by atoms with van der Waals surface area (Å²) in [5, 5.41) is 5.33. The summed E-state index contributed by atoms with van der Waals surface area (Å²) in [5.74, 6) is 0.0429. The number of amides is 2. The molecule has 1 aromatic carbocycles. The first kappa shape index (κ1) is 18.0. The van der Waals surface area contributed by atoms with Gasteiger partial charge in [0.2, 0.25) is 5.91 Å². The minimum atomic E-state index is -0.336. The van der Waals surface area contributed by atoms with E-state index in [1.54, 1.807) is 12.1 Å².